The van der Waals surface area contributed by atoms with Crippen molar-refractivity contribution >= 4 is 88.6 Å². The molecule has 15 atom stereocenters. The molecule has 0 aliphatic heterocycles. The second kappa shape index (κ2) is 66.2. The number of hydrogen-bond donors (Lipinski definition) is 22. The minimum atomic E-state index is -1.25. The molecule has 0 radical (unpaired) electrons. The fourth-order valence-corrected chi connectivity index (χ4v) is 14.6. The number of nitrogens with two attached hydrogens (primary N) is 8. The average Bonchev–Trinajstić information content (AvgIpc) is 0.857. The van der Waals surface area contributed by atoms with Gasteiger partial charge in [-0.2, -0.15) is 0 Å². The first kappa shape index (κ1) is 119. The predicted molar refractivity (Wildman–Crippen MR) is 497 cm³/mol. The van der Waals surface area contributed by atoms with Crippen molar-refractivity contribution in [2.45, 2.75) is 389 Å². The molecule has 0 aromatic rings. The van der Waals surface area contributed by atoms with Gasteiger partial charge in [0.05, 0.1) is 12.1 Å². The second-order valence-electron chi connectivity index (χ2n) is 38.3. The highest BCUT2D eigenvalue weighted by Gasteiger charge is 2.39. The predicted octanol–water partition coefficient (Wildman–Crippen LogP) is 1.78. The molecule has 0 fully saturated rings. The maximum absolute atomic E-state index is 14.7. The van der Waals surface area contributed by atoms with Crippen molar-refractivity contribution < 1.29 is 71.9 Å². The molecule has 0 spiro atoms. The minimum absolute atomic E-state index is 0.0148. The number of carbonyl (C=O) groups is 15. The van der Waals surface area contributed by atoms with E-state index in [1.165, 1.54) is 0 Å². The molecule has 127 heavy (non-hydrogen) atoms. The minimum Gasteiger partial charge on any atom is -0.368 e. The van der Waals surface area contributed by atoms with Gasteiger partial charge in [0.2, 0.25) is 88.6 Å². The number of primary amides is 1. The number of carbonyl (C=O) groups excluding carboxylic acids is 15. The maximum atomic E-state index is 14.7. The molecular weight excluding hydrogens is 1630 g/mol. The number of hydrogen-bond acceptors (Lipinski definition) is 22. The van der Waals surface area contributed by atoms with Crippen molar-refractivity contribution in [3.05, 3.63) is 0 Å². The lowest BCUT2D eigenvalue weighted by Crippen LogP contribution is -2.60. The van der Waals surface area contributed by atoms with E-state index in [0.717, 1.165) is 0 Å². The summed E-state index contributed by atoms with van der Waals surface area (Å²) in [4.78, 5) is 212. The topological polar surface area (TPSA) is 633 Å². The summed E-state index contributed by atoms with van der Waals surface area (Å²) in [5.41, 5.74) is 47.6. The summed E-state index contributed by atoms with van der Waals surface area (Å²) < 4.78 is 0. The smallest absolute Gasteiger partial charge is 0.243 e. The molecule has 0 bridgehead atoms. The summed E-state index contributed by atoms with van der Waals surface area (Å²) in [7, 11) is 0. The number of nitrogens with one attached hydrogen (secondary N) is 14. The first-order chi connectivity index (χ1) is 59.6. The molecule has 0 unspecified atom stereocenters. The van der Waals surface area contributed by atoms with Crippen LogP contribution >= 0.6 is 0 Å². The van der Waals surface area contributed by atoms with Crippen LogP contribution in [0.2, 0.25) is 0 Å². The molecule has 0 aromatic heterocycles. The SMILES string of the molecule is CC(C)C[C@H](NC(=O)[C@H](CC(C)C)NC(=O)[C@H](CCCCN)NC(=O)[C@H](CC(C)C)NC(=O)[C@H](CC(C)C)NC(=O)[C@H](CCCCN)NC(=O)[C@@H](N)CCCCNC(=O)[C@H](CC(C)C)NC(=O)[C@H](CC(C)C)NC(=O)[C@H](CCCCN)NC(=O)[C@H](CCCCN)NC(=O)[C@H](CC(C)C)NC(=O)[C@H](CC(C)C)NC(=O)[C@H](CCCCN)NC(=O)[C@@H](N)CC(C)C)C(N)=O. The van der Waals surface area contributed by atoms with Gasteiger partial charge in [0.15, 0.2) is 0 Å². The van der Waals surface area contributed by atoms with Gasteiger partial charge in [0.1, 0.15) is 78.5 Å². The Bertz CT molecular complexity index is 3290. The first-order valence-corrected chi connectivity index (χ1v) is 47.2. The van der Waals surface area contributed by atoms with Crippen molar-refractivity contribution in [3.8, 4) is 0 Å². The fourth-order valence-electron chi connectivity index (χ4n) is 14.6. The van der Waals surface area contributed by atoms with Crippen molar-refractivity contribution in [2.24, 2.45) is 99.1 Å². The summed E-state index contributed by atoms with van der Waals surface area (Å²) in [5, 5.41) is 39.5. The molecule has 0 saturated heterocycles. The Kier molecular flexibility index (Phi) is 61.9. The Labute approximate surface area is 758 Å². The molecule has 0 rings (SSSR count). The Hall–Kier alpha value is -8.23. The van der Waals surface area contributed by atoms with Crippen LogP contribution in [-0.4, -0.2) is 219 Å². The lowest BCUT2D eigenvalue weighted by molar-refractivity contribution is -0.136. The lowest BCUT2D eigenvalue weighted by Gasteiger charge is -2.29. The van der Waals surface area contributed by atoms with Crippen molar-refractivity contribution in [2.75, 3.05) is 39.3 Å². The highest BCUT2D eigenvalue weighted by Crippen LogP contribution is 2.19. The van der Waals surface area contributed by atoms with Crippen LogP contribution in [0.1, 0.15) is 298 Å². The van der Waals surface area contributed by atoms with E-state index < -0.39 is 179 Å². The molecule has 15 amide bonds. The van der Waals surface area contributed by atoms with Gasteiger partial charge < -0.3 is 120 Å². The zero-order valence-electron chi connectivity index (χ0n) is 80.4. The first-order valence-electron chi connectivity index (χ1n) is 47.2. The van der Waals surface area contributed by atoms with Crippen LogP contribution in [0, 0.1) is 53.3 Å². The van der Waals surface area contributed by atoms with Crippen LogP contribution in [0.25, 0.3) is 0 Å². The lowest BCUT2D eigenvalue weighted by atomic mass is 9.98. The zero-order chi connectivity index (χ0) is 96.8. The van der Waals surface area contributed by atoms with Gasteiger partial charge in [0.25, 0.3) is 0 Å². The third-order valence-corrected chi connectivity index (χ3v) is 21.3. The van der Waals surface area contributed by atoms with Crippen molar-refractivity contribution in [1.29, 1.82) is 0 Å². The largest absolute Gasteiger partial charge is 0.368 e. The van der Waals surface area contributed by atoms with Gasteiger partial charge in [-0.15, -0.1) is 0 Å². The average molecular weight is 1800 g/mol. The van der Waals surface area contributed by atoms with Gasteiger partial charge in [-0.3, -0.25) is 71.9 Å². The standard InChI is InChI=1S/C90H174N22O15/c1-52(2)43-62(97)78(115)101-64(33-20-26-38-92)82(119)109-75(51-60(17)18)90(127)111-70(46-55(7)8)85(122)103-65(34-21-27-39-93)80(117)102-66(35-22-28-40-94)83(120)110-73(49-58(13)14)88(125)106-69(45-54(5)6)79(116)99-42-30-24-31-61(96)77(114)100-63(32-19-25-37-91)81(118)108-74(50-59(15)16)89(126)112-71(47-56(9)10)86(123)104-67(36-23-29-41-95)84(121)107-72(48-57(11)12)87(124)105-68(76(98)113)44-53(3)4/h52-75H,19-51,91-97H2,1-18H3,(H2,98,113)(H,99,116)(H,100,114)(H,101,115)(H,102,117)(H,103,122)(H,104,123)(H,105,124)(H,106,125)(H,107,121)(H,108,118)(H,109,119)(H,110,120)(H,111,127)(H,112,126)/t61-,62-,63-,64-,65-,66-,67-,68-,69-,70-,71-,72-,73-,74-,75-/m0/s1. The third kappa shape index (κ3) is 52.9. The van der Waals surface area contributed by atoms with Crippen LogP contribution < -0.4 is 120 Å². The number of unbranched alkanes of at least 4 members (excludes halogenated alkanes) is 6. The van der Waals surface area contributed by atoms with E-state index in [1.54, 1.807) is 0 Å². The maximum Gasteiger partial charge on any atom is 0.243 e. The Morgan fingerprint density at radius 2 is 0.354 bits per heavy atom. The number of amides is 15. The van der Waals surface area contributed by atoms with Gasteiger partial charge in [-0.25, -0.2) is 0 Å². The zero-order valence-corrected chi connectivity index (χ0v) is 80.4. The van der Waals surface area contributed by atoms with Crippen molar-refractivity contribution in [1.82, 2.24) is 74.4 Å². The Morgan fingerprint density at radius 1 is 0.189 bits per heavy atom. The molecule has 0 saturated carbocycles. The summed E-state index contributed by atoms with van der Waals surface area (Å²) >= 11 is 0. The third-order valence-electron chi connectivity index (χ3n) is 21.3. The molecule has 0 aromatic carbocycles. The molecule has 0 aliphatic carbocycles. The summed E-state index contributed by atoms with van der Waals surface area (Å²) in [6.07, 6.45) is 7.79. The van der Waals surface area contributed by atoms with E-state index in [0.29, 0.717) is 103 Å². The van der Waals surface area contributed by atoms with E-state index in [2.05, 4.69) is 74.4 Å². The van der Waals surface area contributed by atoms with E-state index in [1.807, 2.05) is 125 Å². The summed E-state index contributed by atoms with van der Waals surface area (Å²) in [5.74, 6) is -10.6. The molecule has 37 heteroatoms. The van der Waals surface area contributed by atoms with Crippen LogP contribution in [0.3, 0.4) is 0 Å². The molecule has 0 heterocycles. The van der Waals surface area contributed by atoms with Crippen LogP contribution in [0.4, 0.5) is 0 Å². The monoisotopic (exact) mass is 1800 g/mol. The van der Waals surface area contributed by atoms with Gasteiger partial charge >= 0.3 is 0 Å². The normalized spacial score (nSPS) is 15.3. The Morgan fingerprint density at radius 3 is 0.559 bits per heavy atom. The summed E-state index contributed by atoms with van der Waals surface area (Å²) in [6.45, 7) is 35.3. The molecule has 30 N–H and O–H groups in total. The molecule has 0 aliphatic rings. The van der Waals surface area contributed by atoms with Crippen LogP contribution in [0.15, 0.2) is 0 Å². The quantitative estimate of drug-likeness (QED) is 0.0386. The molecule has 37 nitrogen and oxygen atoms in total. The van der Waals surface area contributed by atoms with Crippen LogP contribution in [-0.2, 0) is 71.9 Å². The number of rotatable bonds is 71. The molecular formula is C90H174N22O15. The van der Waals surface area contributed by atoms with Gasteiger partial charge in [0, 0.05) is 6.54 Å². The van der Waals surface area contributed by atoms with Gasteiger partial charge in [-0.1, -0.05) is 125 Å². The molecule has 734 valence electrons. The van der Waals surface area contributed by atoms with Gasteiger partial charge in [-0.05, 0) is 259 Å². The van der Waals surface area contributed by atoms with E-state index >= 15 is 0 Å². The van der Waals surface area contributed by atoms with E-state index in [4.69, 9.17) is 45.9 Å². The second-order valence-corrected chi connectivity index (χ2v) is 38.3. The summed E-state index contributed by atoms with van der Waals surface area (Å²) in [6, 6.07) is -17.0. The van der Waals surface area contributed by atoms with Crippen LogP contribution in [0.5, 0.6) is 0 Å². The van der Waals surface area contributed by atoms with E-state index in [-0.39, 0.29) is 163 Å². The fraction of sp³-hybridized carbons (Fsp3) is 0.833. The highest BCUT2D eigenvalue weighted by atomic mass is 16.2. The van der Waals surface area contributed by atoms with Crippen molar-refractivity contribution in [3.63, 3.8) is 0 Å². The van der Waals surface area contributed by atoms with E-state index in [9.17, 15) is 71.9 Å². The highest BCUT2D eigenvalue weighted by molar-refractivity contribution is 6.00. The Balaban J connectivity index is 6.74.